The minimum atomic E-state index is 0.179. The van der Waals surface area contributed by atoms with Gasteiger partial charge in [-0.1, -0.05) is 6.92 Å². The number of amides is 1. The van der Waals surface area contributed by atoms with Gasteiger partial charge in [0.25, 0.3) is 5.91 Å². The predicted molar refractivity (Wildman–Crippen MR) is 63.9 cm³/mol. The van der Waals surface area contributed by atoms with E-state index in [4.69, 9.17) is 0 Å². The molecule has 0 bridgehead atoms. The number of nitrogens with two attached hydrogens (primary N) is 1. The van der Waals surface area contributed by atoms with E-state index in [1.165, 1.54) is 32.4 Å². The van der Waals surface area contributed by atoms with Gasteiger partial charge in [0.05, 0.1) is 26.1 Å². The Labute approximate surface area is 98.7 Å². The van der Waals surface area contributed by atoms with Gasteiger partial charge in [0, 0.05) is 0 Å². The number of hydrogen-bond acceptors (Lipinski definition) is 1. The Hall–Kier alpha value is -0.610. The number of carbonyl (C=O) groups is 1. The van der Waals surface area contributed by atoms with Gasteiger partial charge in [-0.25, -0.2) is 10.9 Å². The monoisotopic (exact) mass is 229 g/mol. The highest BCUT2D eigenvalue weighted by atomic mass is 16.2. The molecular formula is C12H27N3O+2. The molecule has 0 radical (unpaired) electrons. The van der Waals surface area contributed by atoms with Crippen molar-refractivity contribution in [2.75, 3.05) is 19.6 Å². The second-order valence-electron chi connectivity index (χ2n) is 4.93. The Morgan fingerprint density at radius 1 is 1.38 bits per heavy atom. The van der Waals surface area contributed by atoms with Crippen molar-refractivity contribution in [3.8, 4) is 0 Å². The first-order valence-electron chi connectivity index (χ1n) is 6.68. The van der Waals surface area contributed by atoms with Gasteiger partial charge >= 0.3 is 0 Å². The molecule has 1 fully saturated rings. The van der Waals surface area contributed by atoms with Crippen LogP contribution in [0.3, 0.4) is 0 Å². The fourth-order valence-corrected chi connectivity index (χ4v) is 2.02. The fourth-order valence-electron chi connectivity index (χ4n) is 2.02. The van der Waals surface area contributed by atoms with Crippen LogP contribution in [0.2, 0.25) is 0 Å². The number of likely N-dealkylation sites (tertiary alicyclic amines) is 1. The quantitative estimate of drug-likeness (QED) is 0.300. The first-order chi connectivity index (χ1) is 7.72. The van der Waals surface area contributed by atoms with Crippen LogP contribution in [0.1, 0.15) is 46.0 Å². The lowest BCUT2D eigenvalue weighted by Crippen LogP contribution is -3.13. The van der Waals surface area contributed by atoms with Crippen LogP contribution >= 0.6 is 0 Å². The summed E-state index contributed by atoms with van der Waals surface area (Å²) in [5.74, 6) is 0.179. The van der Waals surface area contributed by atoms with Gasteiger partial charge in [-0.05, 0) is 32.6 Å². The third kappa shape index (κ3) is 5.47. The number of carbonyl (C=O) groups excluding carboxylic acids is 1. The maximum atomic E-state index is 11.6. The zero-order valence-electron chi connectivity index (χ0n) is 10.7. The second-order valence-corrected chi connectivity index (χ2v) is 4.93. The van der Waals surface area contributed by atoms with Crippen molar-refractivity contribution in [2.24, 2.45) is 0 Å². The summed E-state index contributed by atoms with van der Waals surface area (Å²) < 4.78 is 0. The summed E-state index contributed by atoms with van der Waals surface area (Å²) in [5.41, 5.74) is 4.82. The van der Waals surface area contributed by atoms with E-state index >= 15 is 0 Å². The van der Waals surface area contributed by atoms with E-state index in [9.17, 15) is 4.79 Å². The van der Waals surface area contributed by atoms with E-state index in [1.54, 1.807) is 4.90 Å². The maximum Gasteiger partial charge on any atom is 0.270 e. The molecule has 94 valence electrons. The summed E-state index contributed by atoms with van der Waals surface area (Å²) in [6, 6.07) is 0.478. The van der Waals surface area contributed by atoms with Gasteiger partial charge < -0.3 is 4.90 Å². The maximum absolute atomic E-state index is 11.6. The fraction of sp³-hybridized carbons (Fsp3) is 0.917. The van der Waals surface area contributed by atoms with E-state index < -0.39 is 0 Å². The SMILES string of the molecule is CCC(C)[NH2+]NC(=O)CC[NH+]1CCCCC1. The summed E-state index contributed by atoms with van der Waals surface area (Å²) in [6.07, 6.45) is 5.78. The highest BCUT2D eigenvalue weighted by Crippen LogP contribution is 1.94. The Kier molecular flexibility index (Phi) is 6.42. The number of hydrogen-bond donors (Lipinski definition) is 3. The lowest BCUT2D eigenvalue weighted by atomic mass is 10.1. The summed E-state index contributed by atoms with van der Waals surface area (Å²) >= 11 is 0. The van der Waals surface area contributed by atoms with Gasteiger partial charge in [-0.2, -0.15) is 0 Å². The predicted octanol–water partition coefficient (Wildman–Crippen LogP) is -1.16. The van der Waals surface area contributed by atoms with E-state index in [2.05, 4.69) is 19.3 Å². The Morgan fingerprint density at radius 3 is 2.69 bits per heavy atom. The molecule has 0 saturated carbocycles. The number of nitrogens with one attached hydrogen (secondary N) is 2. The number of rotatable bonds is 6. The standard InChI is InChI=1S/C12H25N3O/c1-3-11(2)13-14-12(16)7-10-15-8-5-4-6-9-15/h11,13H,3-10H2,1-2H3,(H,14,16)/p+2. The summed E-state index contributed by atoms with van der Waals surface area (Å²) in [6.45, 7) is 7.76. The highest BCUT2D eigenvalue weighted by molar-refractivity contribution is 5.74. The molecule has 1 rings (SSSR count). The molecule has 1 amide bonds. The molecule has 1 saturated heterocycles. The molecular weight excluding hydrogens is 202 g/mol. The molecule has 4 nitrogen and oxygen atoms in total. The van der Waals surface area contributed by atoms with Crippen molar-refractivity contribution < 1.29 is 15.1 Å². The molecule has 1 atom stereocenters. The molecule has 1 aliphatic rings. The van der Waals surface area contributed by atoms with Gasteiger partial charge in [-0.3, -0.25) is 4.79 Å². The van der Waals surface area contributed by atoms with Crippen molar-refractivity contribution in [2.45, 2.75) is 52.0 Å². The number of piperidine rings is 1. The van der Waals surface area contributed by atoms with Crippen molar-refractivity contribution >= 4 is 5.91 Å². The van der Waals surface area contributed by atoms with Gasteiger partial charge in [0.15, 0.2) is 0 Å². The molecule has 0 aliphatic carbocycles. The van der Waals surface area contributed by atoms with Crippen LogP contribution in [-0.2, 0) is 4.79 Å². The first-order valence-corrected chi connectivity index (χ1v) is 6.68. The third-order valence-corrected chi connectivity index (χ3v) is 3.44. The molecule has 16 heavy (non-hydrogen) atoms. The van der Waals surface area contributed by atoms with Crippen LogP contribution in [0.4, 0.5) is 0 Å². The second kappa shape index (κ2) is 7.63. The van der Waals surface area contributed by atoms with Gasteiger partial charge in [-0.15, -0.1) is 0 Å². The molecule has 1 unspecified atom stereocenters. The molecule has 4 heteroatoms. The summed E-state index contributed by atoms with van der Waals surface area (Å²) in [5, 5.41) is 0. The minimum Gasteiger partial charge on any atom is -0.335 e. The summed E-state index contributed by atoms with van der Waals surface area (Å²) in [7, 11) is 0. The smallest absolute Gasteiger partial charge is 0.270 e. The molecule has 0 aromatic heterocycles. The van der Waals surface area contributed by atoms with Crippen molar-refractivity contribution in [3.05, 3.63) is 0 Å². The molecule has 1 heterocycles. The molecule has 0 aromatic carbocycles. The average molecular weight is 229 g/mol. The average Bonchev–Trinajstić information content (AvgIpc) is 2.34. The zero-order chi connectivity index (χ0) is 11.8. The molecule has 0 spiro atoms. The van der Waals surface area contributed by atoms with E-state index in [-0.39, 0.29) is 5.91 Å². The largest absolute Gasteiger partial charge is 0.335 e. The van der Waals surface area contributed by atoms with Gasteiger partial charge in [0.1, 0.15) is 6.04 Å². The zero-order valence-corrected chi connectivity index (χ0v) is 10.7. The van der Waals surface area contributed by atoms with Gasteiger partial charge in [0.2, 0.25) is 0 Å². The van der Waals surface area contributed by atoms with E-state index in [0.29, 0.717) is 12.5 Å². The summed E-state index contributed by atoms with van der Waals surface area (Å²) in [4.78, 5) is 13.2. The minimum absolute atomic E-state index is 0.179. The van der Waals surface area contributed by atoms with Crippen molar-refractivity contribution in [1.29, 1.82) is 0 Å². The Balaban J connectivity index is 2.05. The highest BCUT2D eigenvalue weighted by Gasteiger charge is 2.15. The Morgan fingerprint density at radius 2 is 2.06 bits per heavy atom. The van der Waals surface area contributed by atoms with Crippen LogP contribution in [-0.4, -0.2) is 31.6 Å². The Bertz CT molecular complexity index is 202. The van der Waals surface area contributed by atoms with Crippen LogP contribution < -0.4 is 15.8 Å². The van der Waals surface area contributed by atoms with Crippen LogP contribution in [0.25, 0.3) is 0 Å². The topological polar surface area (TPSA) is 50.1 Å². The number of quaternary nitrogens is 2. The van der Waals surface area contributed by atoms with Crippen molar-refractivity contribution in [3.63, 3.8) is 0 Å². The van der Waals surface area contributed by atoms with E-state index in [0.717, 1.165) is 13.0 Å². The molecule has 4 N–H and O–H groups in total. The normalized spacial score (nSPS) is 19.4. The third-order valence-electron chi connectivity index (χ3n) is 3.44. The first kappa shape index (κ1) is 13.5. The van der Waals surface area contributed by atoms with Crippen LogP contribution in [0.15, 0.2) is 0 Å². The molecule has 0 aromatic rings. The molecule has 1 aliphatic heterocycles. The lowest BCUT2D eigenvalue weighted by Gasteiger charge is -2.23. The van der Waals surface area contributed by atoms with Crippen LogP contribution in [0.5, 0.6) is 0 Å². The van der Waals surface area contributed by atoms with Crippen LogP contribution in [0, 0.1) is 0 Å². The van der Waals surface area contributed by atoms with E-state index in [1.807, 2.05) is 5.43 Å². The lowest BCUT2D eigenvalue weighted by molar-refractivity contribution is -0.904. The van der Waals surface area contributed by atoms with Crippen molar-refractivity contribution in [1.82, 2.24) is 5.43 Å².